The fourth-order valence-corrected chi connectivity index (χ4v) is 1.73. The zero-order valence-electron chi connectivity index (χ0n) is 7.19. The minimum atomic E-state index is 0.200. The highest BCUT2D eigenvalue weighted by molar-refractivity contribution is 4.80. The largest absolute Gasteiger partial charge is 0.378 e. The number of rotatable bonds is 0. The third-order valence-electron chi connectivity index (χ3n) is 2.35. The van der Waals surface area contributed by atoms with Crippen molar-refractivity contribution in [3.8, 4) is 0 Å². The summed E-state index contributed by atoms with van der Waals surface area (Å²) in [7, 11) is 1.81. The normalized spacial score (nSPS) is 36.4. The van der Waals surface area contributed by atoms with E-state index < -0.39 is 0 Å². The predicted molar refractivity (Wildman–Crippen MR) is 42.7 cm³/mol. The van der Waals surface area contributed by atoms with Crippen LogP contribution in [0.2, 0.25) is 0 Å². The van der Waals surface area contributed by atoms with E-state index in [0.717, 1.165) is 11.4 Å². The summed E-state index contributed by atoms with van der Waals surface area (Å²) >= 11 is 0. The second-order valence-electron chi connectivity index (χ2n) is 3.47. The molecule has 2 aliphatic heterocycles. The second kappa shape index (κ2) is 2.99. The molecule has 2 unspecified atom stereocenters. The maximum atomic E-state index is 11.3. The van der Waals surface area contributed by atoms with E-state index in [2.05, 4.69) is 5.32 Å². The minimum absolute atomic E-state index is 0.200. The average Bonchev–Trinajstić information content (AvgIpc) is 2.11. The molecule has 2 atom stereocenters. The Bertz CT molecular complexity index is 197. The van der Waals surface area contributed by atoms with Crippen LogP contribution in [0.5, 0.6) is 0 Å². The van der Waals surface area contributed by atoms with Crippen molar-refractivity contribution in [2.45, 2.75) is 12.1 Å². The third-order valence-corrected chi connectivity index (χ3v) is 2.35. The van der Waals surface area contributed by atoms with E-state index in [0.29, 0.717) is 25.8 Å². The maximum Gasteiger partial charge on any atom is 0.242 e. The van der Waals surface area contributed by atoms with Crippen LogP contribution in [0, 0.1) is 4.91 Å². The average molecular weight is 172 g/mol. The molecule has 2 saturated heterocycles. The molecule has 2 fully saturated rings. The molecule has 0 aromatic heterocycles. The Kier molecular flexibility index (Phi) is 1.98. The van der Waals surface area contributed by atoms with Crippen LogP contribution in [0.1, 0.15) is 0 Å². The van der Waals surface area contributed by atoms with E-state index in [1.807, 2.05) is 7.05 Å². The predicted octanol–water partition coefficient (Wildman–Crippen LogP) is -1.02. The van der Waals surface area contributed by atoms with Gasteiger partial charge in [-0.1, -0.05) is 0 Å². The zero-order valence-corrected chi connectivity index (χ0v) is 7.19. The van der Waals surface area contributed by atoms with Crippen molar-refractivity contribution in [2.75, 3.05) is 33.4 Å². The van der Waals surface area contributed by atoms with E-state index in [1.54, 1.807) is 5.01 Å². The fourth-order valence-electron chi connectivity index (χ4n) is 1.73. The van der Waals surface area contributed by atoms with Crippen LogP contribution in [0.4, 0.5) is 0 Å². The molecule has 2 heterocycles. The summed E-state index contributed by atoms with van der Waals surface area (Å²) in [6.07, 6.45) is 0. The first-order valence-corrected chi connectivity index (χ1v) is 4.25. The van der Waals surface area contributed by atoms with Crippen molar-refractivity contribution in [3.05, 3.63) is 4.91 Å². The van der Waals surface area contributed by atoms with Crippen LogP contribution in [0.15, 0.2) is 0 Å². The van der Waals surface area contributed by atoms with Crippen molar-refractivity contribution < 1.29 is 9.61 Å². The number of nitrogens with zero attached hydrogens (tertiary/aromatic N) is 2. The van der Waals surface area contributed by atoms with Gasteiger partial charge in [-0.15, -0.1) is 5.01 Å². The lowest BCUT2D eigenvalue weighted by molar-refractivity contribution is -0.700. The van der Waals surface area contributed by atoms with Gasteiger partial charge in [0.2, 0.25) is 6.54 Å². The maximum absolute atomic E-state index is 11.3. The molecule has 0 aromatic rings. The van der Waals surface area contributed by atoms with Crippen molar-refractivity contribution in [3.63, 3.8) is 0 Å². The zero-order chi connectivity index (χ0) is 8.55. The molecular weight excluding hydrogens is 158 g/mol. The number of ether oxygens (including phenoxy) is 1. The number of morpholine rings is 1. The van der Waals surface area contributed by atoms with Crippen molar-refractivity contribution >= 4 is 0 Å². The highest BCUT2D eigenvalue weighted by Gasteiger charge is 2.34. The molecule has 0 saturated carbocycles. The van der Waals surface area contributed by atoms with Gasteiger partial charge in [-0.05, 0) is 0 Å². The van der Waals surface area contributed by atoms with Crippen LogP contribution in [0.25, 0.3) is 0 Å². The fraction of sp³-hybridized carbons (Fsp3) is 1.00. The summed E-state index contributed by atoms with van der Waals surface area (Å²) in [6.45, 7) is 2.60. The molecule has 0 spiro atoms. The van der Waals surface area contributed by atoms with Crippen molar-refractivity contribution in [1.82, 2.24) is 10.3 Å². The van der Waals surface area contributed by atoms with E-state index in [9.17, 15) is 4.91 Å². The van der Waals surface area contributed by atoms with Gasteiger partial charge in [0.15, 0.2) is 0 Å². The molecule has 0 radical (unpaired) electrons. The van der Waals surface area contributed by atoms with E-state index in [-0.39, 0.29) is 6.04 Å². The summed E-state index contributed by atoms with van der Waals surface area (Å²) in [5, 5.41) is 5.07. The first kappa shape index (κ1) is 7.94. The first-order valence-electron chi connectivity index (χ1n) is 4.25. The van der Waals surface area contributed by atoms with Crippen LogP contribution < -0.4 is 5.32 Å². The van der Waals surface area contributed by atoms with Gasteiger partial charge in [-0.25, -0.2) is 0 Å². The van der Waals surface area contributed by atoms with Crippen LogP contribution in [-0.4, -0.2) is 55.3 Å². The van der Waals surface area contributed by atoms with Gasteiger partial charge in [0.1, 0.15) is 4.87 Å². The Balaban J connectivity index is 2.09. The Morgan fingerprint density at radius 3 is 3.08 bits per heavy atom. The molecule has 12 heavy (non-hydrogen) atoms. The topological polar surface area (TPSA) is 44.6 Å². The second-order valence-corrected chi connectivity index (χ2v) is 3.47. The van der Waals surface area contributed by atoms with Crippen LogP contribution >= 0.6 is 0 Å². The number of hydrazine groups is 1. The van der Waals surface area contributed by atoms with Crippen LogP contribution in [-0.2, 0) is 4.74 Å². The Hall–Kier alpha value is -0.680. The molecule has 2 rings (SSSR count). The molecule has 5 heteroatoms. The molecule has 0 aliphatic carbocycles. The lowest BCUT2D eigenvalue weighted by atomic mass is 10.2. The van der Waals surface area contributed by atoms with Gasteiger partial charge in [0.25, 0.3) is 0 Å². The van der Waals surface area contributed by atoms with E-state index >= 15 is 0 Å². The van der Waals surface area contributed by atoms with Crippen molar-refractivity contribution in [2.24, 2.45) is 0 Å². The van der Waals surface area contributed by atoms with Crippen LogP contribution in [0.3, 0.4) is 0 Å². The quantitative estimate of drug-likeness (QED) is 0.475. The molecule has 2 bridgehead atoms. The lowest BCUT2D eigenvalue weighted by Crippen LogP contribution is -2.50. The van der Waals surface area contributed by atoms with Gasteiger partial charge in [-0.2, -0.15) is 0 Å². The van der Waals surface area contributed by atoms with Gasteiger partial charge in [0.05, 0.1) is 43.8 Å². The monoisotopic (exact) mass is 172 g/mol. The number of likely N-dealkylation sites (N-methyl/N-ethyl adjacent to an activating group) is 1. The smallest absolute Gasteiger partial charge is 0.242 e. The van der Waals surface area contributed by atoms with Gasteiger partial charge in [-0.3, -0.25) is 5.32 Å². The summed E-state index contributed by atoms with van der Waals surface area (Å²) in [5.41, 5.74) is 0. The number of hydrogen-bond acceptors (Lipinski definition) is 3. The van der Waals surface area contributed by atoms with Gasteiger partial charge >= 0.3 is 0 Å². The molecule has 68 valence electrons. The summed E-state index contributed by atoms with van der Waals surface area (Å²) in [5.74, 6) is 0. The highest BCUT2D eigenvalue weighted by atomic mass is 16.5. The van der Waals surface area contributed by atoms with Crippen molar-refractivity contribution in [1.29, 1.82) is 0 Å². The van der Waals surface area contributed by atoms with Gasteiger partial charge in [0, 0.05) is 0 Å². The highest BCUT2D eigenvalue weighted by Crippen LogP contribution is 2.06. The number of fused-ring (bicyclic) bond motifs is 2. The number of hydrogen-bond donors (Lipinski definition) is 1. The summed E-state index contributed by atoms with van der Waals surface area (Å²) in [6, 6.07) is 0.513. The molecule has 0 aromatic carbocycles. The SMILES string of the molecule is CN1CC2COCC(C[N+]1=O)N2. The molecule has 5 nitrogen and oxygen atoms in total. The minimum Gasteiger partial charge on any atom is -0.378 e. The van der Waals surface area contributed by atoms with E-state index in [4.69, 9.17) is 4.74 Å². The third kappa shape index (κ3) is 1.42. The standard InChI is InChI=1S/C7H14N3O2/c1-9-2-6-4-12-5-7(8-6)3-10(9)11/h6-8H,2-5H2,1H3/q+1. The van der Waals surface area contributed by atoms with E-state index in [1.165, 1.54) is 0 Å². The summed E-state index contributed by atoms with van der Waals surface area (Å²) in [4.78, 5) is 12.3. The number of nitroso groups, excluding NO2 is 1. The van der Waals surface area contributed by atoms with Gasteiger partial charge < -0.3 is 4.74 Å². The molecule has 1 N–H and O–H groups in total. The first-order chi connectivity index (χ1) is 5.75. The Labute approximate surface area is 71.2 Å². The Morgan fingerprint density at radius 1 is 1.50 bits per heavy atom. The molecule has 2 aliphatic rings. The Morgan fingerprint density at radius 2 is 2.25 bits per heavy atom. The molecule has 0 amide bonds. The number of nitrogens with one attached hydrogen (secondary N) is 1. The molecular formula is C7H14N3O2+. The summed E-state index contributed by atoms with van der Waals surface area (Å²) < 4.78 is 5.36. The lowest BCUT2D eigenvalue weighted by Gasteiger charge is -2.25.